The first-order valence-electron chi connectivity index (χ1n) is 6.11. The molecule has 1 aromatic rings. The molecule has 2 nitrogen and oxygen atoms in total. The highest BCUT2D eigenvalue weighted by Crippen LogP contribution is 2.22. The number of nitrogens with one attached hydrogen (secondary N) is 1. The molecule has 1 unspecified atom stereocenters. The quantitative estimate of drug-likeness (QED) is 0.774. The number of hydrogen-bond acceptors (Lipinski definition) is 2. The van der Waals surface area contributed by atoms with Crippen LogP contribution in [0.4, 0.5) is 0 Å². The molecule has 0 heterocycles. The molecular weight excluding hydrogens is 198 g/mol. The zero-order valence-electron chi connectivity index (χ0n) is 10.6. The zero-order valence-corrected chi connectivity index (χ0v) is 10.6. The topological polar surface area (TPSA) is 32.3 Å². The first-order valence-corrected chi connectivity index (χ1v) is 6.11. The number of benzene rings is 1. The summed E-state index contributed by atoms with van der Waals surface area (Å²) < 4.78 is 0. The molecule has 0 aliphatic rings. The van der Waals surface area contributed by atoms with Crippen molar-refractivity contribution in [2.75, 3.05) is 13.2 Å². The fraction of sp³-hybridized carbons (Fsp3) is 0.571. The van der Waals surface area contributed by atoms with Crippen LogP contribution in [0.15, 0.2) is 18.2 Å². The van der Waals surface area contributed by atoms with E-state index in [4.69, 9.17) is 5.11 Å². The second kappa shape index (κ2) is 6.66. The lowest BCUT2D eigenvalue weighted by atomic mass is 9.95. The maximum Gasteiger partial charge on any atom is 0.0449 e. The fourth-order valence-corrected chi connectivity index (χ4v) is 1.97. The molecule has 0 aliphatic carbocycles. The standard InChI is InChI=1S/C14H23NO/c1-4-9-15-14(8-10-16)13-7-5-6-11(2)12(13)3/h5-7,14-16H,4,8-10H2,1-3H3. The summed E-state index contributed by atoms with van der Waals surface area (Å²) in [6.07, 6.45) is 1.90. The molecule has 1 aromatic carbocycles. The molecule has 0 amide bonds. The van der Waals surface area contributed by atoms with Gasteiger partial charge in [-0.3, -0.25) is 0 Å². The maximum absolute atomic E-state index is 9.12. The smallest absolute Gasteiger partial charge is 0.0449 e. The van der Waals surface area contributed by atoms with Crippen LogP contribution in [0.5, 0.6) is 0 Å². The molecule has 1 atom stereocenters. The highest BCUT2D eigenvalue weighted by Gasteiger charge is 2.12. The first kappa shape index (κ1) is 13.2. The van der Waals surface area contributed by atoms with Crippen molar-refractivity contribution in [3.8, 4) is 0 Å². The van der Waals surface area contributed by atoms with Crippen LogP contribution in [0.3, 0.4) is 0 Å². The average molecular weight is 221 g/mol. The monoisotopic (exact) mass is 221 g/mol. The largest absolute Gasteiger partial charge is 0.396 e. The van der Waals surface area contributed by atoms with Crippen molar-refractivity contribution in [1.82, 2.24) is 5.32 Å². The van der Waals surface area contributed by atoms with Crippen LogP contribution in [0.2, 0.25) is 0 Å². The minimum absolute atomic E-state index is 0.231. The van der Waals surface area contributed by atoms with Crippen molar-refractivity contribution in [3.05, 3.63) is 34.9 Å². The Kier molecular flexibility index (Phi) is 5.50. The van der Waals surface area contributed by atoms with Gasteiger partial charge in [0.1, 0.15) is 0 Å². The molecule has 0 saturated heterocycles. The van der Waals surface area contributed by atoms with Gasteiger partial charge in [0.2, 0.25) is 0 Å². The SMILES string of the molecule is CCCNC(CCO)c1cccc(C)c1C. The average Bonchev–Trinajstić information content (AvgIpc) is 2.28. The highest BCUT2D eigenvalue weighted by molar-refractivity contribution is 5.35. The number of aliphatic hydroxyl groups is 1. The van der Waals surface area contributed by atoms with E-state index in [9.17, 15) is 0 Å². The molecule has 0 bridgehead atoms. The molecule has 0 saturated carbocycles. The predicted molar refractivity (Wildman–Crippen MR) is 68.7 cm³/mol. The Bertz CT molecular complexity index is 323. The van der Waals surface area contributed by atoms with Gasteiger partial charge in [0.15, 0.2) is 0 Å². The Labute approximate surface area is 98.7 Å². The minimum Gasteiger partial charge on any atom is -0.396 e. The highest BCUT2D eigenvalue weighted by atomic mass is 16.3. The summed E-state index contributed by atoms with van der Waals surface area (Å²) >= 11 is 0. The zero-order chi connectivity index (χ0) is 12.0. The van der Waals surface area contributed by atoms with Crippen LogP contribution < -0.4 is 5.32 Å². The molecule has 2 heteroatoms. The fourth-order valence-electron chi connectivity index (χ4n) is 1.97. The van der Waals surface area contributed by atoms with Crippen molar-refractivity contribution in [3.63, 3.8) is 0 Å². The molecule has 0 aliphatic heterocycles. The van der Waals surface area contributed by atoms with Gasteiger partial charge < -0.3 is 10.4 Å². The van der Waals surface area contributed by atoms with Gasteiger partial charge in [-0.25, -0.2) is 0 Å². The molecule has 90 valence electrons. The first-order chi connectivity index (χ1) is 7.70. The number of aryl methyl sites for hydroxylation is 1. The summed E-state index contributed by atoms with van der Waals surface area (Å²) in [5, 5.41) is 12.6. The third-order valence-electron chi connectivity index (χ3n) is 3.08. The van der Waals surface area contributed by atoms with Gasteiger partial charge in [-0.05, 0) is 49.9 Å². The van der Waals surface area contributed by atoms with E-state index >= 15 is 0 Å². The van der Waals surface area contributed by atoms with Crippen molar-refractivity contribution < 1.29 is 5.11 Å². The van der Waals surface area contributed by atoms with Gasteiger partial charge >= 0.3 is 0 Å². The van der Waals surface area contributed by atoms with Gasteiger partial charge in [-0.1, -0.05) is 25.1 Å². The molecule has 0 aromatic heterocycles. The van der Waals surface area contributed by atoms with E-state index in [1.54, 1.807) is 0 Å². The molecule has 0 spiro atoms. The van der Waals surface area contributed by atoms with Crippen LogP contribution in [-0.4, -0.2) is 18.3 Å². The predicted octanol–water partition coefficient (Wildman–Crippen LogP) is 2.73. The maximum atomic E-state index is 9.12. The Hall–Kier alpha value is -0.860. The van der Waals surface area contributed by atoms with Crippen LogP contribution in [0.25, 0.3) is 0 Å². The van der Waals surface area contributed by atoms with Crippen molar-refractivity contribution >= 4 is 0 Å². The van der Waals surface area contributed by atoms with Crippen LogP contribution in [0, 0.1) is 13.8 Å². The van der Waals surface area contributed by atoms with E-state index < -0.39 is 0 Å². The van der Waals surface area contributed by atoms with E-state index in [1.807, 2.05) is 0 Å². The van der Waals surface area contributed by atoms with Crippen molar-refractivity contribution in [1.29, 1.82) is 0 Å². The lowest BCUT2D eigenvalue weighted by Gasteiger charge is -2.21. The Morgan fingerprint density at radius 1 is 1.31 bits per heavy atom. The summed E-state index contributed by atoms with van der Waals surface area (Å²) in [6.45, 7) is 7.68. The minimum atomic E-state index is 0.231. The molecule has 1 rings (SSSR count). The summed E-state index contributed by atoms with van der Waals surface area (Å²) in [7, 11) is 0. The second-order valence-electron chi connectivity index (χ2n) is 4.31. The van der Waals surface area contributed by atoms with Crippen LogP contribution in [-0.2, 0) is 0 Å². The molecular formula is C14H23NO. The van der Waals surface area contributed by atoms with E-state index in [0.717, 1.165) is 19.4 Å². The lowest BCUT2D eigenvalue weighted by Crippen LogP contribution is -2.24. The van der Waals surface area contributed by atoms with E-state index in [-0.39, 0.29) is 12.6 Å². The van der Waals surface area contributed by atoms with Crippen molar-refractivity contribution in [2.45, 2.75) is 39.7 Å². The van der Waals surface area contributed by atoms with E-state index in [2.05, 4.69) is 44.3 Å². The summed E-state index contributed by atoms with van der Waals surface area (Å²) in [5.41, 5.74) is 3.98. The van der Waals surface area contributed by atoms with Crippen LogP contribution in [0.1, 0.15) is 42.5 Å². The Balaban J connectivity index is 2.86. The molecule has 0 radical (unpaired) electrons. The third kappa shape index (κ3) is 3.32. The molecule has 2 N–H and O–H groups in total. The van der Waals surface area contributed by atoms with Gasteiger partial charge in [0, 0.05) is 12.6 Å². The number of hydrogen-bond donors (Lipinski definition) is 2. The van der Waals surface area contributed by atoms with Gasteiger partial charge in [-0.2, -0.15) is 0 Å². The third-order valence-corrected chi connectivity index (χ3v) is 3.08. The van der Waals surface area contributed by atoms with Gasteiger partial charge in [0.05, 0.1) is 0 Å². The normalized spacial score (nSPS) is 12.8. The van der Waals surface area contributed by atoms with Crippen LogP contribution >= 0.6 is 0 Å². The number of aliphatic hydroxyl groups excluding tert-OH is 1. The second-order valence-corrected chi connectivity index (χ2v) is 4.31. The van der Waals surface area contributed by atoms with E-state index in [0.29, 0.717) is 0 Å². The molecule has 0 fully saturated rings. The summed E-state index contributed by atoms with van der Waals surface area (Å²) in [4.78, 5) is 0. The number of rotatable bonds is 6. The van der Waals surface area contributed by atoms with Gasteiger partial charge in [0.25, 0.3) is 0 Å². The summed E-state index contributed by atoms with van der Waals surface area (Å²) in [6, 6.07) is 6.67. The van der Waals surface area contributed by atoms with E-state index in [1.165, 1.54) is 16.7 Å². The Morgan fingerprint density at radius 2 is 2.06 bits per heavy atom. The Morgan fingerprint density at radius 3 is 2.69 bits per heavy atom. The lowest BCUT2D eigenvalue weighted by molar-refractivity contribution is 0.265. The summed E-state index contributed by atoms with van der Waals surface area (Å²) in [5.74, 6) is 0. The van der Waals surface area contributed by atoms with Gasteiger partial charge in [-0.15, -0.1) is 0 Å². The van der Waals surface area contributed by atoms with Crippen molar-refractivity contribution in [2.24, 2.45) is 0 Å². The molecule has 16 heavy (non-hydrogen) atoms.